The van der Waals surface area contributed by atoms with Crippen LogP contribution in [0.1, 0.15) is 61.4 Å². The first-order valence-corrected chi connectivity index (χ1v) is 12.4. The lowest BCUT2D eigenvalue weighted by Gasteiger charge is -2.38. The molecule has 5 heteroatoms. The van der Waals surface area contributed by atoms with Gasteiger partial charge < -0.3 is 9.80 Å². The van der Waals surface area contributed by atoms with Gasteiger partial charge in [0.25, 0.3) is 0 Å². The molecule has 1 atom stereocenters. The van der Waals surface area contributed by atoms with Crippen LogP contribution in [0, 0.1) is 13.8 Å². The van der Waals surface area contributed by atoms with Crippen LogP contribution in [0.15, 0.2) is 54.6 Å². The molecule has 1 amide bonds. The summed E-state index contributed by atoms with van der Waals surface area (Å²) in [4.78, 5) is 27.7. The summed E-state index contributed by atoms with van der Waals surface area (Å²) in [6.07, 6.45) is 0.811. The molecule has 1 fully saturated rings. The largest absolute Gasteiger partial charge is 0.353 e. The molecule has 0 spiro atoms. The molecule has 5 nitrogen and oxygen atoms in total. The van der Waals surface area contributed by atoms with E-state index in [2.05, 4.69) is 75.9 Å². The first kappa shape index (κ1) is 23.9. The second-order valence-electron chi connectivity index (χ2n) is 9.58. The van der Waals surface area contributed by atoms with Gasteiger partial charge in [-0.1, -0.05) is 74.9 Å². The minimum absolute atomic E-state index is 0.0757. The summed E-state index contributed by atoms with van der Waals surface area (Å²) in [6.45, 7) is 13.7. The Morgan fingerprint density at radius 1 is 0.941 bits per heavy atom. The molecule has 0 bridgehead atoms. The van der Waals surface area contributed by atoms with Gasteiger partial charge in [-0.2, -0.15) is 0 Å². The smallest absolute Gasteiger partial charge is 0.230 e. The van der Waals surface area contributed by atoms with E-state index in [1.807, 2.05) is 23.1 Å². The van der Waals surface area contributed by atoms with Crippen molar-refractivity contribution < 1.29 is 4.79 Å². The van der Waals surface area contributed by atoms with Crippen LogP contribution in [-0.2, 0) is 4.79 Å². The van der Waals surface area contributed by atoms with Crippen molar-refractivity contribution in [3.8, 4) is 11.4 Å². The SMILES string of the molecule is CCC(C(=O)N1CCN(c2nc(-c3cccc(C)c3)nc(C)c2C(C)C)CC1)c1ccccc1. The lowest BCUT2D eigenvalue weighted by molar-refractivity contribution is -0.133. The van der Waals surface area contributed by atoms with E-state index < -0.39 is 0 Å². The van der Waals surface area contributed by atoms with Gasteiger partial charge in [0.2, 0.25) is 5.91 Å². The molecule has 4 rings (SSSR count). The van der Waals surface area contributed by atoms with Crippen molar-refractivity contribution in [3.05, 3.63) is 77.0 Å². The zero-order valence-electron chi connectivity index (χ0n) is 21.1. The second kappa shape index (κ2) is 10.4. The Hall–Kier alpha value is -3.21. The number of aromatic nitrogens is 2. The maximum Gasteiger partial charge on any atom is 0.230 e. The molecule has 1 aromatic heterocycles. The van der Waals surface area contributed by atoms with Gasteiger partial charge in [-0.05, 0) is 37.8 Å². The van der Waals surface area contributed by atoms with Crippen LogP contribution < -0.4 is 4.90 Å². The minimum Gasteiger partial charge on any atom is -0.353 e. The van der Waals surface area contributed by atoms with Gasteiger partial charge in [-0.3, -0.25) is 4.79 Å². The molecule has 0 radical (unpaired) electrons. The number of hydrogen-bond acceptors (Lipinski definition) is 4. The number of carbonyl (C=O) groups excluding carboxylic acids is 1. The molecule has 1 unspecified atom stereocenters. The van der Waals surface area contributed by atoms with Crippen LogP contribution in [-0.4, -0.2) is 47.0 Å². The third-order valence-electron chi connectivity index (χ3n) is 6.77. The molecular formula is C29H36N4O. The van der Waals surface area contributed by atoms with Crippen LogP contribution in [0.5, 0.6) is 0 Å². The summed E-state index contributed by atoms with van der Waals surface area (Å²) in [5.74, 6) is 2.27. The van der Waals surface area contributed by atoms with Gasteiger partial charge in [0.05, 0.1) is 5.92 Å². The van der Waals surface area contributed by atoms with Crippen LogP contribution in [0.3, 0.4) is 0 Å². The molecular weight excluding hydrogens is 420 g/mol. The van der Waals surface area contributed by atoms with Gasteiger partial charge in [-0.25, -0.2) is 9.97 Å². The van der Waals surface area contributed by atoms with Gasteiger partial charge in [0.15, 0.2) is 5.82 Å². The molecule has 1 aliphatic rings. The standard InChI is InChI=1S/C29H36N4O/c1-6-25(23-12-8-7-9-13-23)29(34)33-17-15-32(16-18-33)28-26(20(2)3)22(5)30-27(31-28)24-14-10-11-21(4)19-24/h7-14,19-20,25H,6,15-18H2,1-5H3. The second-order valence-corrected chi connectivity index (χ2v) is 9.58. The normalized spacial score (nSPS) is 15.0. The Morgan fingerprint density at radius 3 is 2.26 bits per heavy atom. The van der Waals surface area contributed by atoms with Crippen molar-refractivity contribution in [1.82, 2.24) is 14.9 Å². The maximum absolute atomic E-state index is 13.4. The molecule has 2 aromatic carbocycles. The van der Waals surface area contributed by atoms with E-state index in [0.29, 0.717) is 19.0 Å². The highest BCUT2D eigenvalue weighted by atomic mass is 16.2. The van der Waals surface area contributed by atoms with Gasteiger partial charge >= 0.3 is 0 Å². The first-order chi connectivity index (χ1) is 16.4. The molecule has 1 aliphatic heterocycles. The zero-order valence-corrected chi connectivity index (χ0v) is 21.1. The summed E-state index contributed by atoms with van der Waals surface area (Å²) in [6, 6.07) is 18.5. The quantitative estimate of drug-likeness (QED) is 0.476. The van der Waals surface area contributed by atoms with Crippen molar-refractivity contribution in [3.63, 3.8) is 0 Å². The first-order valence-electron chi connectivity index (χ1n) is 12.4. The number of hydrogen-bond donors (Lipinski definition) is 0. The fraction of sp³-hybridized carbons (Fsp3) is 0.414. The van der Waals surface area contributed by atoms with Crippen molar-refractivity contribution in [1.29, 1.82) is 0 Å². The predicted octanol–water partition coefficient (Wildman–Crippen LogP) is 5.73. The van der Waals surface area contributed by atoms with E-state index in [4.69, 9.17) is 9.97 Å². The third kappa shape index (κ3) is 4.98. The molecule has 0 saturated carbocycles. The number of piperazine rings is 1. The number of amides is 1. The Kier molecular flexibility index (Phi) is 7.30. The van der Waals surface area contributed by atoms with Crippen LogP contribution in [0.4, 0.5) is 5.82 Å². The molecule has 178 valence electrons. The summed E-state index contributed by atoms with van der Waals surface area (Å²) in [5.41, 5.74) is 5.58. The molecule has 1 saturated heterocycles. The highest BCUT2D eigenvalue weighted by Gasteiger charge is 2.29. The van der Waals surface area contributed by atoms with Crippen molar-refractivity contribution in [2.45, 2.75) is 52.9 Å². The van der Waals surface area contributed by atoms with Gasteiger partial charge in [0, 0.05) is 43.0 Å². The van der Waals surface area contributed by atoms with Crippen LogP contribution in [0.2, 0.25) is 0 Å². The highest BCUT2D eigenvalue weighted by molar-refractivity contribution is 5.84. The lowest BCUT2D eigenvalue weighted by Crippen LogP contribution is -2.50. The Morgan fingerprint density at radius 2 is 1.65 bits per heavy atom. The number of carbonyl (C=O) groups is 1. The lowest BCUT2D eigenvalue weighted by atomic mass is 9.94. The number of benzene rings is 2. The Labute approximate surface area is 203 Å². The van der Waals surface area contributed by atoms with E-state index in [1.54, 1.807) is 0 Å². The topological polar surface area (TPSA) is 49.3 Å². The predicted molar refractivity (Wildman–Crippen MR) is 139 cm³/mol. The van der Waals surface area contributed by atoms with Crippen LogP contribution >= 0.6 is 0 Å². The minimum atomic E-state index is -0.0757. The molecule has 2 heterocycles. The number of aryl methyl sites for hydroxylation is 2. The molecule has 0 N–H and O–H groups in total. The summed E-state index contributed by atoms with van der Waals surface area (Å²) in [5, 5.41) is 0. The van der Waals surface area contributed by atoms with E-state index in [0.717, 1.165) is 48.0 Å². The number of rotatable bonds is 6. The molecule has 0 aliphatic carbocycles. The third-order valence-corrected chi connectivity index (χ3v) is 6.77. The summed E-state index contributed by atoms with van der Waals surface area (Å²) >= 11 is 0. The summed E-state index contributed by atoms with van der Waals surface area (Å²) in [7, 11) is 0. The maximum atomic E-state index is 13.4. The van der Waals surface area contributed by atoms with Crippen molar-refractivity contribution in [2.24, 2.45) is 0 Å². The Balaban J connectivity index is 1.57. The monoisotopic (exact) mass is 456 g/mol. The fourth-order valence-corrected chi connectivity index (χ4v) is 4.99. The van der Waals surface area contributed by atoms with Gasteiger partial charge in [-0.15, -0.1) is 0 Å². The number of anilines is 1. The Bertz CT molecular complexity index is 1130. The van der Waals surface area contributed by atoms with Crippen molar-refractivity contribution >= 4 is 11.7 Å². The average molecular weight is 457 g/mol. The van der Waals surface area contributed by atoms with E-state index >= 15 is 0 Å². The zero-order chi connectivity index (χ0) is 24.2. The van der Waals surface area contributed by atoms with E-state index in [9.17, 15) is 4.79 Å². The number of nitrogens with zero attached hydrogens (tertiary/aromatic N) is 4. The molecule has 3 aromatic rings. The van der Waals surface area contributed by atoms with E-state index in [-0.39, 0.29) is 11.8 Å². The average Bonchev–Trinajstić information content (AvgIpc) is 2.84. The van der Waals surface area contributed by atoms with E-state index in [1.165, 1.54) is 11.1 Å². The van der Waals surface area contributed by atoms with Crippen molar-refractivity contribution in [2.75, 3.05) is 31.1 Å². The summed E-state index contributed by atoms with van der Waals surface area (Å²) < 4.78 is 0. The van der Waals surface area contributed by atoms with Crippen LogP contribution in [0.25, 0.3) is 11.4 Å². The van der Waals surface area contributed by atoms with Gasteiger partial charge in [0.1, 0.15) is 5.82 Å². The molecule has 34 heavy (non-hydrogen) atoms. The highest BCUT2D eigenvalue weighted by Crippen LogP contribution is 2.32. The fourth-order valence-electron chi connectivity index (χ4n) is 4.99.